The van der Waals surface area contributed by atoms with Gasteiger partial charge in [0.05, 0.1) is 6.20 Å². The Balaban J connectivity index is 1.39. The molecule has 0 saturated carbocycles. The minimum absolute atomic E-state index is 0.272. The molecule has 2 heterocycles. The average Bonchev–Trinajstić information content (AvgIpc) is 2.81. The molecule has 1 aliphatic heterocycles. The molecule has 162 valence electrons. The Morgan fingerprint density at radius 3 is 2.58 bits per heavy atom. The quantitative estimate of drug-likeness (QED) is 0.534. The standard InChI is InChI=1S/C26H30FN3O/c27-24-18-29-25(6-2-3-19-9-11-23(31)12-10-19)30-26(24)22-5-1-4-21(17-22)8-7-20-13-15-28-16-14-20/h1,4-5,9-12,17-18,20,28,31H,2-3,6-8,13-16H2. The van der Waals surface area contributed by atoms with E-state index >= 15 is 0 Å². The number of piperidine rings is 1. The minimum atomic E-state index is -0.377. The number of hydrogen-bond donors (Lipinski definition) is 2. The number of aromatic nitrogens is 2. The lowest BCUT2D eigenvalue weighted by molar-refractivity contribution is 0.354. The summed E-state index contributed by atoms with van der Waals surface area (Å²) in [5.41, 5.74) is 3.60. The van der Waals surface area contributed by atoms with Gasteiger partial charge in [0.1, 0.15) is 17.3 Å². The number of rotatable bonds is 8. The van der Waals surface area contributed by atoms with Crippen LogP contribution in [0.4, 0.5) is 4.39 Å². The molecule has 1 aliphatic rings. The zero-order chi connectivity index (χ0) is 21.5. The van der Waals surface area contributed by atoms with E-state index in [4.69, 9.17) is 0 Å². The summed E-state index contributed by atoms with van der Waals surface area (Å²) in [6.45, 7) is 2.23. The molecule has 0 bridgehead atoms. The Bertz CT molecular complexity index is 984. The second-order valence-electron chi connectivity index (χ2n) is 8.44. The first-order valence-corrected chi connectivity index (χ1v) is 11.3. The molecule has 0 aliphatic carbocycles. The third-order valence-corrected chi connectivity index (χ3v) is 6.10. The van der Waals surface area contributed by atoms with Crippen molar-refractivity contribution in [3.63, 3.8) is 0 Å². The van der Waals surface area contributed by atoms with Crippen LogP contribution in [0.15, 0.2) is 54.7 Å². The highest BCUT2D eigenvalue weighted by Gasteiger charge is 2.14. The Morgan fingerprint density at radius 2 is 1.77 bits per heavy atom. The number of hydrogen-bond acceptors (Lipinski definition) is 4. The maximum absolute atomic E-state index is 14.5. The predicted octanol–water partition coefficient (Wildman–Crippen LogP) is 5.10. The summed E-state index contributed by atoms with van der Waals surface area (Å²) in [7, 11) is 0. The second kappa shape index (κ2) is 10.5. The molecule has 1 aromatic heterocycles. The van der Waals surface area contributed by atoms with Gasteiger partial charge in [-0.25, -0.2) is 14.4 Å². The van der Waals surface area contributed by atoms with Crippen LogP contribution in [-0.2, 0) is 19.3 Å². The normalized spacial score (nSPS) is 14.6. The van der Waals surface area contributed by atoms with Gasteiger partial charge in [-0.3, -0.25) is 0 Å². The van der Waals surface area contributed by atoms with Gasteiger partial charge in [0, 0.05) is 12.0 Å². The molecule has 3 aromatic rings. The van der Waals surface area contributed by atoms with Crippen LogP contribution in [0.1, 0.15) is 42.6 Å². The van der Waals surface area contributed by atoms with Crippen LogP contribution in [0.25, 0.3) is 11.3 Å². The van der Waals surface area contributed by atoms with E-state index in [0.717, 1.165) is 49.4 Å². The van der Waals surface area contributed by atoms with Crippen molar-refractivity contribution >= 4 is 0 Å². The predicted molar refractivity (Wildman–Crippen MR) is 121 cm³/mol. The van der Waals surface area contributed by atoms with Gasteiger partial charge in [-0.05, 0) is 86.9 Å². The van der Waals surface area contributed by atoms with Gasteiger partial charge < -0.3 is 10.4 Å². The van der Waals surface area contributed by atoms with Gasteiger partial charge in [0.15, 0.2) is 5.82 Å². The number of benzene rings is 2. The molecule has 31 heavy (non-hydrogen) atoms. The molecule has 0 atom stereocenters. The number of phenolic OH excluding ortho intramolecular Hbond substituents is 1. The summed E-state index contributed by atoms with van der Waals surface area (Å²) in [5.74, 6) is 1.34. The number of nitrogens with zero attached hydrogens (tertiary/aromatic N) is 2. The first-order valence-electron chi connectivity index (χ1n) is 11.3. The average molecular weight is 420 g/mol. The van der Waals surface area contributed by atoms with Gasteiger partial charge in [0.2, 0.25) is 0 Å². The Kier molecular flexibility index (Phi) is 7.26. The maximum atomic E-state index is 14.5. The summed E-state index contributed by atoms with van der Waals surface area (Å²) in [6.07, 6.45) is 8.39. The lowest BCUT2D eigenvalue weighted by atomic mass is 9.91. The molecule has 5 heteroatoms. The second-order valence-corrected chi connectivity index (χ2v) is 8.44. The number of halogens is 1. The fourth-order valence-electron chi connectivity index (χ4n) is 4.26. The smallest absolute Gasteiger partial charge is 0.167 e. The van der Waals surface area contributed by atoms with Crippen molar-refractivity contribution in [3.05, 3.63) is 77.5 Å². The van der Waals surface area contributed by atoms with Crippen LogP contribution in [0.3, 0.4) is 0 Å². The Morgan fingerprint density at radius 1 is 0.968 bits per heavy atom. The lowest BCUT2D eigenvalue weighted by Gasteiger charge is -2.22. The zero-order valence-electron chi connectivity index (χ0n) is 17.9. The summed E-state index contributed by atoms with van der Waals surface area (Å²) < 4.78 is 14.5. The molecule has 4 rings (SSSR count). The van der Waals surface area contributed by atoms with E-state index in [1.54, 1.807) is 12.1 Å². The number of phenols is 1. The molecule has 1 fully saturated rings. The van der Waals surface area contributed by atoms with Crippen molar-refractivity contribution in [1.82, 2.24) is 15.3 Å². The monoisotopic (exact) mass is 419 g/mol. The summed E-state index contributed by atoms with van der Waals surface area (Å²) in [6, 6.07) is 15.4. The van der Waals surface area contributed by atoms with Crippen LogP contribution in [0.2, 0.25) is 0 Å². The molecular formula is C26H30FN3O. The van der Waals surface area contributed by atoms with Crippen LogP contribution >= 0.6 is 0 Å². The Hall–Kier alpha value is -2.79. The molecule has 0 unspecified atom stereocenters. The van der Waals surface area contributed by atoms with E-state index in [2.05, 4.69) is 27.4 Å². The van der Waals surface area contributed by atoms with E-state index in [0.29, 0.717) is 17.9 Å². The lowest BCUT2D eigenvalue weighted by Crippen LogP contribution is -2.27. The SMILES string of the molecule is Oc1ccc(CCCc2ncc(F)c(-c3cccc(CCC4CCNCC4)c3)n2)cc1. The third-order valence-electron chi connectivity index (χ3n) is 6.10. The van der Waals surface area contributed by atoms with Gasteiger partial charge in [-0.2, -0.15) is 0 Å². The molecular weight excluding hydrogens is 389 g/mol. The van der Waals surface area contributed by atoms with Gasteiger partial charge in [-0.15, -0.1) is 0 Å². The van der Waals surface area contributed by atoms with E-state index < -0.39 is 0 Å². The highest BCUT2D eigenvalue weighted by atomic mass is 19.1. The molecule has 0 radical (unpaired) electrons. The maximum Gasteiger partial charge on any atom is 0.167 e. The van der Waals surface area contributed by atoms with E-state index in [9.17, 15) is 9.50 Å². The molecule has 0 amide bonds. The van der Waals surface area contributed by atoms with E-state index in [1.165, 1.54) is 31.0 Å². The van der Waals surface area contributed by atoms with E-state index in [1.807, 2.05) is 24.3 Å². The number of aromatic hydroxyl groups is 1. The molecule has 2 N–H and O–H groups in total. The topological polar surface area (TPSA) is 58.0 Å². The van der Waals surface area contributed by atoms with Gasteiger partial charge >= 0.3 is 0 Å². The highest BCUT2D eigenvalue weighted by Crippen LogP contribution is 2.24. The fourth-order valence-corrected chi connectivity index (χ4v) is 4.26. The summed E-state index contributed by atoms with van der Waals surface area (Å²) in [4.78, 5) is 8.74. The van der Waals surface area contributed by atoms with Crippen molar-refractivity contribution in [3.8, 4) is 17.0 Å². The van der Waals surface area contributed by atoms with Crippen molar-refractivity contribution in [2.75, 3.05) is 13.1 Å². The third kappa shape index (κ3) is 6.11. The van der Waals surface area contributed by atoms with Crippen molar-refractivity contribution < 1.29 is 9.50 Å². The van der Waals surface area contributed by atoms with Crippen molar-refractivity contribution in [1.29, 1.82) is 0 Å². The first kappa shape index (κ1) is 21.4. The fraction of sp³-hybridized carbons (Fsp3) is 0.385. The number of nitrogens with one attached hydrogen (secondary N) is 1. The molecule has 0 spiro atoms. The number of aryl methyl sites for hydroxylation is 3. The van der Waals surface area contributed by atoms with Crippen molar-refractivity contribution in [2.45, 2.75) is 44.9 Å². The minimum Gasteiger partial charge on any atom is -0.508 e. The largest absolute Gasteiger partial charge is 0.508 e. The van der Waals surface area contributed by atoms with Crippen LogP contribution in [0.5, 0.6) is 5.75 Å². The first-order chi connectivity index (χ1) is 15.2. The summed E-state index contributed by atoms with van der Waals surface area (Å²) >= 11 is 0. The molecule has 2 aromatic carbocycles. The summed E-state index contributed by atoms with van der Waals surface area (Å²) in [5, 5.41) is 12.8. The van der Waals surface area contributed by atoms with Gasteiger partial charge in [-0.1, -0.05) is 30.3 Å². The van der Waals surface area contributed by atoms with Crippen LogP contribution < -0.4 is 5.32 Å². The van der Waals surface area contributed by atoms with Gasteiger partial charge in [0.25, 0.3) is 0 Å². The molecule has 1 saturated heterocycles. The molecule has 4 nitrogen and oxygen atoms in total. The van der Waals surface area contributed by atoms with Crippen LogP contribution in [-0.4, -0.2) is 28.2 Å². The van der Waals surface area contributed by atoms with Crippen molar-refractivity contribution in [2.24, 2.45) is 5.92 Å². The zero-order valence-corrected chi connectivity index (χ0v) is 17.9. The Labute approximate surface area is 183 Å². The highest BCUT2D eigenvalue weighted by molar-refractivity contribution is 5.60. The van der Waals surface area contributed by atoms with Crippen LogP contribution in [0, 0.1) is 11.7 Å². The van der Waals surface area contributed by atoms with E-state index in [-0.39, 0.29) is 11.6 Å².